The Bertz CT molecular complexity index is 739. The Morgan fingerprint density at radius 3 is 2.78 bits per heavy atom. The van der Waals surface area contributed by atoms with Gasteiger partial charge in [0.15, 0.2) is 5.96 Å². The smallest absolute Gasteiger partial charge is 0.191 e. The van der Waals surface area contributed by atoms with Gasteiger partial charge in [0, 0.05) is 43.3 Å². The summed E-state index contributed by atoms with van der Waals surface area (Å²) in [5.41, 5.74) is 2.09. The van der Waals surface area contributed by atoms with E-state index >= 15 is 0 Å². The SMILES string of the molecule is CCC(CNC(=NC)NCCc1c[nH]c2ccc(F)cc12)N1CCCC1.I. The van der Waals surface area contributed by atoms with E-state index in [1.54, 1.807) is 19.2 Å². The number of guanidine groups is 1. The summed E-state index contributed by atoms with van der Waals surface area (Å²) < 4.78 is 13.5. The van der Waals surface area contributed by atoms with Gasteiger partial charge in [-0.15, -0.1) is 24.0 Å². The third kappa shape index (κ3) is 5.81. The molecule has 3 rings (SSSR count). The lowest BCUT2D eigenvalue weighted by Gasteiger charge is -2.27. The third-order valence-corrected chi connectivity index (χ3v) is 5.27. The number of aromatic nitrogens is 1. The van der Waals surface area contributed by atoms with E-state index in [2.05, 4.69) is 32.4 Å². The highest BCUT2D eigenvalue weighted by Gasteiger charge is 2.20. The molecule has 3 N–H and O–H groups in total. The number of rotatable bonds is 7. The Morgan fingerprint density at radius 1 is 1.30 bits per heavy atom. The number of H-pyrrole nitrogens is 1. The summed E-state index contributed by atoms with van der Waals surface area (Å²) in [6, 6.07) is 5.42. The van der Waals surface area contributed by atoms with Crippen molar-refractivity contribution in [2.45, 2.75) is 38.6 Å². The average molecular weight is 487 g/mol. The van der Waals surface area contributed by atoms with Crippen LogP contribution in [0.2, 0.25) is 0 Å². The van der Waals surface area contributed by atoms with Crippen LogP contribution in [0, 0.1) is 5.82 Å². The molecular formula is C20H31FIN5. The predicted molar refractivity (Wildman–Crippen MR) is 122 cm³/mol. The second-order valence-corrected chi connectivity index (χ2v) is 6.94. The van der Waals surface area contributed by atoms with Gasteiger partial charge in [-0.3, -0.25) is 9.89 Å². The highest BCUT2D eigenvalue weighted by atomic mass is 127. The number of hydrogen-bond acceptors (Lipinski definition) is 2. The van der Waals surface area contributed by atoms with E-state index in [0.29, 0.717) is 6.04 Å². The van der Waals surface area contributed by atoms with E-state index in [1.165, 1.54) is 32.0 Å². The van der Waals surface area contributed by atoms with E-state index in [0.717, 1.165) is 48.4 Å². The minimum atomic E-state index is -0.198. The molecule has 1 aliphatic rings. The van der Waals surface area contributed by atoms with Crippen molar-refractivity contribution in [2.24, 2.45) is 4.99 Å². The monoisotopic (exact) mass is 487 g/mol. The number of halogens is 2. The van der Waals surface area contributed by atoms with Gasteiger partial charge >= 0.3 is 0 Å². The molecule has 1 aliphatic heterocycles. The minimum Gasteiger partial charge on any atom is -0.361 e. The van der Waals surface area contributed by atoms with Crippen LogP contribution < -0.4 is 10.6 Å². The van der Waals surface area contributed by atoms with Crippen LogP contribution in [0.5, 0.6) is 0 Å². The molecule has 0 radical (unpaired) electrons. The van der Waals surface area contributed by atoms with Gasteiger partial charge in [-0.1, -0.05) is 6.92 Å². The number of hydrogen-bond donors (Lipinski definition) is 3. The minimum absolute atomic E-state index is 0. The predicted octanol–water partition coefficient (Wildman–Crippen LogP) is 3.51. The molecule has 0 amide bonds. The summed E-state index contributed by atoms with van der Waals surface area (Å²) in [4.78, 5) is 10.1. The molecule has 5 nitrogen and oxygen atoms in total. The molecule has 2 heterocycles. The normalized spacial score (nSPS) is 16.3. The van der Waals surface area contributed by atoms with E-state index in [1.807, 2.05) is 6.20 Å². The fraction of sp³-hybridized carbons (Fsp3) is 0.550. The molecule has 1 aromatic carbocycles. The lowest BCUT2D eigenvalue weighted by atomic mass is 10.1. The maximum Gasteiger partial charge on any atom is 0.191 e. The third-order valence-electron chi connectivity index (χ3n) is 5.27. The highest BCUT2D eigenvalue weighted by molar-refractivity contribution is 14.0. The molecule has 1 saturated heterocycles. The first kappa shape index (κ1) is 21.9. The number of fused-ring (bicyclic) bond motifs is 1. The number of aromatic amines is 1. The molecule has 0 aliphatic carbocycles. The molecule has 2 aromatic rings. The first-order chi connectivity index (χ1) is 12.7. The van der Waals surface area contributed by atoms with E-state index in [4.69, 9.17) is 0 Å². The second-order valence-electron chi connectivity index (χ2n) is 6.94. The van der Waals surface area contributed by atoms with E-state index < -0.39 is 0 Å². The first-order valence-corrected chi connectivity index (χ1v) is 9.65. The number of nitrogens with zero attached hydrogens (tertiary/aromatic N) is 2. The van der Waals surface area contributed by atoms with E-state index in [-0.39, 0.29) is 29.8 Å². The van der Waals surface area contributed by atoms with Crippen molar-refractivity contribution in [3.8, 4) is 0 Å². The van der Waals surface area contributed by atoms with Gasteiger partial charge in [-0.05, 0) is 62.5 Å². The lowest BCUT2D eigenvalue weighted by molar-refractivity contribution is 0.236. The van der Waals surface area contributed by atoms with Crippen LogP contribution in [0.4, 0.5) is 4.39 Å². The number of benzene rings is 1. The largest absolute Gasteiger partial charge is 0.361 e. The van der Waals surface area contributed by atoms with Crippen LogP contribution >= 0.6 is 24.0 Å². The molecule has 0 saturated carbocycles. The zero-order chi connectivity index (χ0) is 18.4. The molecular weight excluding hydrogens is 456 g/mol. The summed E-state index contributed by atoms with van der Waals surface area (Å²) in [5, 5.41) is 7.78. The first-order valence-electron chi connectivity index (χ1n) is 9.65. The van der Waals surface area contributed by atoms with Crippen LogP contribution in [-0.4, -0.2) is 55.1 Å². The van der Waals surface area contributed by atoms with Crippen molar-refractivity contribution in [3.63, 3.8) is 0 Å². The van der Waals surface area contributed by atoms with Crippen molar-refractivity contribution >= 4 is 40.8 Å². The Labute approximate surface area is 178 Å². The van der Waals surface area contributed by atoms with Crippen LogP contribution in [-0.2, 0) is 6.42 Å². The molecule has 1 aromatic heterocycles. The number of likely N-dealkylation sites (tertiary alicyclic amines) is 1. The van der Waals surface area contributed by atoms with E-state index in [9.17, 15) is 4.39 Å². The molecule has 7 heteroatoms. The van der Waals surface area contributed by atoms with Crippen LogP contribution in [0.25, 0.3) is 10.9 Å². The van der Waals surface area contributed by atoms with Crippen LogP contribution in [0.1, 0.15) is 31.7 Å². The fourth-order valence-electron chi connectivity index (χ4n) is 3.75. The summed E-state index contributed by atoms with van der Waals surface area (Å²) in [6.45, 7) is 6.34. The molecule has 27 heavy (non-hydrogen) atoms. The number of nitrogens with one attached hydrogen (secondary N) is 3. The summed E-state index contributed by atoms with van der Waals surface area (Å²) >= 11 is 0. The maximum absolute atomic E-state index is 13.5. The Hall–Kier alpha value is -1.35. The fourth-order valence-corrected chi connectivity index (χ4v) is 3.75. The van der Waals surface area contributed by atoms with Crippen molar-refractivity contribution in [2.75, 3.05) is 33.2 Å². The van der Waals surface area contributed by atoms with Gasteiger partial charge < -0.3 is 15.6 Å². The van der Waals surface area contributed by atoms with Crippen molar-refractivity contribution < 1.29 is 4.39 Å². The zero-order valence-corrected chi connectivity index (χ0v) is 18.6. The molecule has 1 atom stereocenters. The highest BCUT2D eigenvalue weighted by Crippen LogP contribution is 2.19. The Kier molecular flexibility index (Phi) is 8.82. The average Bonchev–Trinajstić information content (AvgIpc) is 3.31. The van der Waals surface area contributed by atoms with Crippen molar-refractivity contribution in [1.82, 2.24) is 20.5 Å². The summed E-state index contributed by atoms with van der Waals surface area (Å²) in [6.07, 6.45) is 6.55. The van der Waals surface area contributed by atoms with Gasteiger partial charge in [-0.25, -0.2) is 4.39 Å². The Balaban J connectivity index is 0.00000261. The topological polar surface area (TPSA) is 55.5 Å². The summed E-state index contributed by atoms with van der Waals surface area (Å²) in [5.74, 6) is 0.630. The van der Waals surface area contributed by atoms with Gasteiger partial charge in [0.05, 0.1) is 0 Å². The molecule has 150 valence electrons. The van der Waals surface area contributed by atoms with Crippen LogP contribution in [0.3, 0.4) is 0 Å². The van der Waals surface area contributed by atoms with Gasteiger partial charge in [-0.2, -0.15) is 0 Å². The van der Waals surface area contributed by atoms with Gasteiger partial charge in [0.25, 0.3) is 0 Å². The summed E-state index contributed by atoms with van der Waals surface area (Å²) in [7, 11) is 1.80. The molecule has 1 fully saturated rings. The standard InChI is InChI=1S/C20H30FN5.HI/c1-3-17(26-10-4-5-11-26)14-25-20(22-2)23-9-8-15-13-24-19-7-6-16(21)12-18(15)19;/h6-7,12-13,17,24H,3-5,8-11,14H2,1-2H3,(H2,22,23,25);1H. The quantitative estimate of drug-likeness (QED) is 0.319. The van der Waals surface area contributed by atoms with Crippen LogP contribution in [0.15, 0.2) is 29.4 Å². The Morgan fingerprint density at radius 2 is 2.07 bits per heavy atom. The lowest BCUT2D eigenvalue weighted by Crippen LogP contribution is -2.46. The number of aliphatic imine (C=N–C) groups is 1. The zero-order valence-electron chi connectivity index (χ0n) is 16.2. The second kappa shape index (κ2) is 10.8. The van der Waals surface area contributed by atoms with Crippen molar-refractivity contribution in [1.29, 1.82) is 0 Å². The molecule has 1 unspecified atom stereocenters. The maximum atomic E-state index is 13.5. The molecule has 0 bridgehead atoms. The molecule has 0 spiro atoms. The van der Waals surface area contributed by atoms with Crippen molar-refractivity contribution in [3.05, 3.63) is 35.8 Å². The van der Waals surface area contributed by atoms with Gasteiger partial charge in [0.1, 0.15) is 5.82 Å². The van der Waals surface area contributed by atoms with Gasteiger partial charge in [0.2, 0.25) is 0 Å².